The van der Waals surface area contributed by atoms with E-state index in [0.717, 1.165) is 11.1 Å². The Kier molecular flexibility index (Phi) is 6.42. The first-order valence-corrected chi connectivity index (χ1v) is 12.8. The van der Waals surface area contributed by atoms with Gasteiger partial charge in [-0.3, -0.25) is 9.59 Å². The van der Waals surface area contributed by atoms with E-state index >= 15 is 0 Å². The first-order chi connectivity index (χ1) is 16.9. The van der Waals surface area contributed by atoms with Crippen LogP contribution in [0.3, 0.4) is 0 Å². The van der Waals surface area contributed by atoms with E-state index in [-0.39, 0.29) is 36.2 Å². The average Bonchev–Trinajstić information content (AvgIpc) is 3.43. The van der Waals surface area contributed by atoms with Gasteiger partial charge in [0.1, 0.15) is 6.04 Å². The molecule has 2 aromatic carbocycles. The lowest BCUT2D eigenvalue weighted by Gasteiger charge is -2.35. The van der Waals surface area contributed by atoms with Crippen molar-refractivity contribution < 1.29 is 27.2 Å². The highest BCUT2D eigenvalue weighted by atomic mass is 32.2. The minimum absolute atomic E-state index is 0.0923. The van der Waals surface area contributed by atoms with Gasteiger partial charge in [-0.05, 0) is 41.5 Å². The lowest BCUT2D eigenvalue weighted by Crippen LogP contribution is -2.50. The lowest BCUT2D eigenvalue weighted by atomic mass is 9.93. The largest absolute Gasteiger partial charge is 0.459 e. The second-order valence-corrected chi connectivity index (χ2v) is 10.4. The van der Waals surface area contributed by atoms with E-state index in [4.69, 9.17) is 9.15 Å². The molecule has 2 aliphatic heterocycles. The van der Waals surface area contributed by atoms with Gasteiger partial charge >= 0.3 is 0 Å². The van der Waals surface area contributed by atoms with Crippen LogP contribution in [0.1, 0.15) is 21.7 Å². The molecule has 0 spiro atoms. The maximum atomic E-state index is 13.4. The number of nitrogens with zero attached hydrogens (tertiary/aromatic N) is 2. The van der Waals surface area contributed by atoms with Crippen molar-refractivity contribution in [2.75, 3.05) is 31.6 Å². The van der Waals surface area contributed by atoms with Crippen molar-refractivity contribution in [2.45, 2.75) is 23.9 Å². The Morgan fingerprint density at radius 1 is 0.943 bits per heavy atom. The van der Waals surface area contributed by atoms with Crippen LogP contribution < -0.4 is 5.32 Å². The standard InChI is InChI=1S/C25H25N3O6S/c29-24(26-20-7-3-8-21(16-20)35(31,32)27-10-13-33-14-11-27)22-15-18-5-1-2-6-19(18)17-28(22)25(30)23-9-4-12-34-23/h1-9,12,16,22H,10-11,13-15,17H2,(H,26,29)/t22-/m0/s1. The molecule has 0 aliphatic carbocycles. The molecule has 3 aromatic rings. The minimum Gasteiger partial charge on any atom is -0.459 e. The van der Waals surface area contributed by atoms with E-state index in [1.54, 1.807) is 24.3 Å². The van der Waals surface area contributed by atoms with Crippen LogP contribution in [0.5, 0.6) is 0 Å². The summed E-state index contributed by atoms with van der Waals surface area (Å²) in [4.78, 5) is 28.2. The molecule has 1 N–H and O–H groups in total. The number of anilines is 1. The number of sulfonamides is 1. The Morgan fingerprint density at radius 2 is 1.71 bits per heavy atom. The van der Waals surface area contributed by atoms with Crippen LogP contribution in [0, 0.1) is 0 Å². The molecule has 0 bridgehead atoms. The molecule has 2 aliphatic rings. The first kappa shape index (κ1) is 23.3. The van der Waals surface area contributed by atoms with Gasteiger partial charge in [0.25, 0.3) is 5.91 Å². The number of morpholine rings is 1. The van der Waals surface area contributed by atoms with E-state index in [0.29, 0.717) is 25.3 Å². The maximum Gasteiger partial charge on any atom is 0.290 e. The van der Waals surface area contributed by atoms with Crippen molar-refractivity contribution in [3.05, 3.63) is 83.8 Å². The summed E-state index contributed by atoms with van der Waals surface area (Å²) < 4.78 is 38.0. The van der Waals surface area contributed by atoms with Gasteiger partial charge in [-0.15, -0.1) is 0 Å². The number of furan rings is 1. The number of amides is 2. The third kappa shape index (κ3) is 4.72. The topological polar surface area (TPSA) is 109 Å². The van der Waals surface area contributed by atoms with Crippen LogP contribution in [-0.4, -0.2) is 61.8 Å². The zero-order chi connectivity index (χ0) is 24.4. The molecule has 0 unspecified atom stereocenters. The highest BCUT2D eigenvalue weighted by Crippen LogP contribution is 2.27. The number of carbonyl (C=O) groups is 2. The number of fused-ring (bicyclic) bond motifs is 1. The van der Waals surface area contributed by atoms with E-state index in [2.05, 4.69) is 5.32 Å². The van der Waals surface area contributed by atoms with Gasteiger partial charge in [0.15, 0.2) is 5.76 Å². The van der Waals surface area contributed by atoms with E-state index < -0.39 is 22.0 Å². The molecule has 10 heteroatoms. The van der Waals surface area contributed by atoms with Crippen molar-refractivity contribution in [1.82, 2.24) is 9.21 Å². The number of nitrogens with one attached hydrogen (secondary N) is 1. The molecule has 3 heterocycles. The Labute approximate surface area is 203 Å². The maximum absolute atomic E-state index is 13.4. The average molecular weight is 496 g/mol. The molecule has 35 heavy (non-hydrogen) atoms. The van der Waals surface area contributed by atoms with Crippen LogP contribution >= 0.6 is 0 Å². The molecule has 1 aromatic heterocycles. The molecule has 0 radical (unpaired) electrons. The van der Waals surface area contributed by atoms with Crippen LogP contribution in [-0.2, 0) is 32.5 Å². The predicted molar refractivity (Wildman–Crippen MR) is 127 cm³/mol. The second-order valence-electron chi connectivity index (χ2n) is 8.43. The number of hydrogen-bond acceptors (Lipinski definition) is 6. The lowest BCUT2D eigenvalue weighted by molar-refractivity contribution is -0.121. The van der Waals surface area contributed by atoms with E-state index in [1.165, 1.54) is 27.6 Å². The summed E-state index contributed by atoms with van der Waals surface area (Å²) in [6.45, 7) is 1.52. The summed E-state index contributed by atoms with van der Waals surface area (Å²) in [5, 5.41) is 2.82. The predicted octanol–water partition coefficient (Wildman–Crippen LogP) is 2.51. The monoisotopic (exact) mass is 495 g/mol. The van der Waals surface area contributed by atoms with Gasteiger partial charge in [0, 0.05) is 31.7 Å². The molecular weight excluding hydrogens is 470 g/mol. The number of carbonyl (C=O) groups excluding carboxylic acids is 2. The molecular formula is C25H25N3O6S. The van der Waals surface area contributed by atoms with E-state index in [9.17, 15) is 18.0 Å². The van der Waals surface area contributed by atoms with Crippen molar-refractivity contribution in [1.29, 1.82) is 0 Å². The third-order valence-electron chi connectivity index (χ3n) is 6.25. The fourth-order valence-electron chi connectivity index (χ4n) is 4.41. The van der Waals surface area contributed by atoms with Crippen molar-refractivity contribution >= 4 is 27.5 Å². The summed E-state index contributed by atoms with van der Waals surface area (Å²) in [6.07, 6.45) is 1.75. The van der Waals surface area contributed by atoms with E-state index in [1.807, 2.05) is 24.3 Å². The van der Waals surface area contributed by atoms with Gasteiger partial charge in [0.2, 0.25) is 15.9 Å². The first-order valence-electron chi connectivity index (χ1n) is 11.3. The SMILES string of the molecule is O=C(Nc1cccc(S(=O)(=O)N2CCOCC2)c1)[C@@H]1Cc2ccccc2CN1C(=O)c1ccco1. The molecule has 2 amide bonds. The normalized spacial score (nSPS) is 18.6. The summed E-state index contributed by atoms with van der Waals surface area (Å²) in [7, 11) is -3.71. The number of ether oxygens (including phenoxy) is 1. The highest BCUT2D eigenvalue weighted by molar-refractivity contribution is 7.89. The molecule has 182 valence electrons. The summed E-state index contributed by atoms with van der Waals surface area (Å²) in [5.41, 5.74) is 2.29. The molecule has 1 atom stereocenters. The third-order valence-corrected chi connectivity index (χ3v) is 8.15. The molecule has 0 saturated carbocycles. The van der Waals surface area contributed by atoms with Gasteiger partial charge in [0.05, 0.1) is 24.4 Å². The second kappa shape index (κ2) is 9.65. The van der Waals surface area contributed by atoms with Gasteiger partial charge in [-0.1, -0.05) is 30.3 Å². The highest BCUT2D eigenvalue weighted by Gasteiger charge is 2.36. The van der Waals surface area contributed by atoms with Gasteiger partial charge < -0.3 is 19.4 Å². The van der Waals surface area contributed by atoms with Gasteiger partial charge in [-0.2, -0.15) is 4.31 Å². The van der Waals surface area contributed by atoms with Crippen molar-refractivity contribution in [3.63, 3.8) is 0 Å². The quantitative estimate of drug-likeness (QED) is 0.583. The molecule has 1 fully saturated rings. The van der Waals surface area contributed by atoms with Crippen molar-refractivity contribution in [3.8, 4) is 0 Å². The fourth-order valence-corrected chi connectivity index (χ4v) is 5.86. The Balaban J connectivity index is 1.40. The van der Waals surface area contributed by atoms with Crippen LogP contribution in [0.15, 0.2) is 76.2 Å². The summed E-state index contributed by atoms with van der Waals surface area (Å²) >= 11 is 0. The summed E-state index contributed by atoms with van der Waals surface area (Å²) in [6, 6.07) is 16.2. The Bertz CT molecular complexity index is 1330. The minimum atomic E-state index is -3.71. The number of rotatable bonds is 5. The van der Waals surface area contributed by atoms with Crippen LogP contribution in [0.4, 0.5) is 5.69 Å². The zero-order valence-electron chi connectivity index (χ0n) is 18.9. The summed E-state index contributed by atoms with van der Waals surface area (Å²) in [5.74, 6) is -0.630. The molecule has 5 rings (SSSR count). The zero-order valence-corrected chi connectivity index (χ0v) is 19.7. The fraction of sp³-hybridized carbons (Fsp3) is 0.280. The molecule has 1 saturated heterocycles. The van der Waals surface area contributed by atoms with Crippen LogP contribution in [0.25, 0.3) is 0 Å². The molecule has 9 nitrogen and oxygen atoms in total. The Morgan fingerprint density at radius 3 is 2.46 bits per heavy atom. The smallest absolute Gasteiger partial charge is 0.290 e. The number of hydrogen-bond donors (Lipinski definition) is 1. The van der Waals surface area contributed by atoms with Crippen molar-refractivity contribution in [2.24, 2.45) is 0 Å². The number of benzene rings is 2. The van der Waals surface area contributed by atoms with Gasteiger partial charge in [-0.25, -0.2) is 8.42 Å². The Hall–Kier alpha value is -3.47. The van der Waals surface area contributed by atoms with Crippen LogP contribution in [0.2, 0.25) is 0 Å².